The molecule has 1 amide bonds. The average molecular weight is 416 g/mol. The summed E-state index contributed by atoms with van der Waals surface area (Å²) in [6, 6.07) is 16.3. The number of aromatic hydroxyl groups is 1. The number of aryl methyl sites for hydroxylation is 3. The standard InChI is InChI=1S/C25H24N2O4/c1-4-17-5-8-19(9-6-17)30-14-24(29)26-18-7-10-20(22(28)13-18)25-27-21-11-15(2)16(3)12-23(21)31-25/h5-13,28H,4,14H2,1-3H3,(H,26,29). The largest absolute Gasteiger partial charge is 0.507 e. The molecule has 0 bridgehead atoms. The molecular weight excluding hydrogens is 392 g/mol. The van der Waals surface area contributed by atoms with Crippen LogP contribution in [-0.4, -0.2) is 22.6 Å². The van der Waals surface area contributed by atoms with E-state index in [1.54, 1.807) is 12.1 Å². The van der Waals surface area contributed by atoms with Crippen LogP contribution in [0.15, 0.2) is 59.0 Å². The van der Waals surface area contributed by atoms with Crippen molar-refractivity contribution in [2.75, 3.05) is 11.9 Å². The second-order valence-corrected chi connectivity index (χ2v) is 7.49. The fraction of sp³-hybridized carbons (Fsp3) is 0.200. The third-order valence-electron chi connectivity index (χ3n) is 5.22. The summed E-state index contributed by atoms with van der Waals surface area (Å²) in [5.41, 5.74) is 5.75. The number of nitrogens with zero attached hydrogens (tertiary/aromatic N) is 1. The highest BCUT2D eigenvalue weighted by Crippen LogP contribution is 2.33. The summed E-state index contributed by atoms with van der Waals surface area (Å²) in [5.74, 6) is 0.606. The van der Waals surface area contributed by atoms with E-state index in [1.165, 1.54) is 11.6 Å². The predicted octanol–water partition coefficient (Wildman–Crippen LogP) is 5.40. The van der Waals surface area contributed by atoms with Crippen LogP contribution < -0.4 is 10.1 Å². The Hall–Kier alpha value is -3.80. The number of benzene rings is 3. The van der Waals surface area contributed by atoms with Crippen LogP contribution in [0.5, 0.6) is 11.5 Å². The molecule has 0 aliphatic rings. The van der Waals surface area contributed by atoms with E-state index in [-0.39, 0.29) is 18.3 Å². The maximum absolute atomic E-state index is 12.2. The van der Waals surface area contributed by atoms with Crippen LogP contribution in [0, 0.1) is 13.8 Å². The number of ether oxygens (including phenoxy) is 1. The van der Waals surface area contributed by atoms with E-state index in [4.69, 9.17) is 9.15 Å². The summed E-state index contributed by atoms with van der Waals surface area (Å²) in [7, 11) is 0. The summed E-state index contributed by atoms with van der Waals surface area (Å²) in [6.07, 6.45) is 0.948. The first kappa shape index (κ1) is 20.5. The molecule has 6 heteroatoms. The Bertz CT molecular complexity index is 1200. The Morgan fingerprint density at radius 1 is 1.06 bits per heavy atom. The molecule has 3 aromatic carbocycles. The second-order valence-electron chi connectivity index (χ2n) is 7.49. The Balaban J connectivity index is 1.44. The van der Waals surface area contributed by atoms with Gasteiger partial charge < -0.3 is 19.6 Å². The third-order valence-corrected chi connectivity index (χ3v) is 5.22. The number of phenols is 1. The monoisotopic (exact) mass is 416 g/mol. The molecule has 1 heterocycles. The Labute approximate surface area is 180 Å². The zero-order chi connectivity index (χ0) is 22.0. The smallest absolute Gasteiger partial charge is 0.262 e. The van der Waals surface area contributed by atoms with Gasteiger partial charge in [0.25, 0.3) is 5.91 Å². The molecular formula is C25H24N2O4. The van der Waals surface area contributed by atoms with Gasteiger partial charge in [-0.3, -0.25) is 4.79 Å². The van der Waals surface area contributed by atoms with Crippen molar-refractivity contribution in [3.63, 3.8) is 0 Å². The van der Waals surface area contributed by atoms with Crippen LogP contribution in [-0.2, 0) is 11.2 Å². The number of carbonyl (C=O) groups excluding carboxylic acids is 1. The summed E-state index contributed by atoms with van der Waals surface area (Å²) < 4.78 is 11.3. The van der Waals surface area contributed by atoms with Crippen LogP contribution >= 0.6 is 0 Å². The SMILES string of the molecule is CCc1ccc(OCC(=O)Nc2ccc(-c3nc4cc(C)c(C)cc4o3)c(O)c2)cc1. The van der Waals surface area contributed by atoms with Gasteiger partial charge in [0.05, 0.1) is 5.56 Å². The predicted molar refractivity (Wildman–Crippen MR) is 121 cm³/mol. The topological polar surface area (TPSA) is 84.6 Å². The maximum atomic E-state index is 12.2. The number of phenolic OH excluding ortho intramolecular Hbond substituents is 1. The van der Waals surface area contributed by atoms with E-state index in [2.05, 4.69) is 17.2 Å². The highest BCUT2D eigenvalue weighted by Gasteiger charge is 2.14. The zero-order valence-corrected chi connectivity index (χ0v) is 17.7. The fourth-order valence-electron chi connectivity index (χ4n) is 3.25. The molecule has 0 fully saturated rings. The van der Waals surface area contributed by atoms with E-state index in [1.807, 2.05) is 50.2 Å². The van der Waals surface area contributed by atoms with Gasteiger partial charge in [0.1, 0.15) is 17.0 Å². The van der Waals surface area contributed by atoms with Gasteiger partial charge in [-0.1, -0.05) is 19.1 Å². The van der Waals surface area contributed by atoms with Crippen LogP contribution in [0.2, 0.25) is 0 Å². The van der Waals surface area contributed by atoms with Gasteiger partial charge in [-0.25, -0.2) is 4.98 Å². The molecule has 0 aliphatic carbocycles. The van der Waals surface area contributed by atoms with Gasteiger partial charge in [0.2, 0.25) is 5.89 Å². The van der Waals surface area contributed by atoms with Gasteiger partial charge in [-0.05, 0) is 73.4 Å². The molecule has 0 unspecified atom stereocenters. The molecule has 0 saturated carbocycles. The molecule has 4 aromatic rings. The summed E-state index contributed by atoms with van der Waals surface area (Å²) >= 11 is 0. The van der Waals surface area contributed by atoms with Gasteiger partial charge in [-0.15, -0.1) is 0 Å². The van der Waals surface area contributed by atoms with Crippen LogP contribution in [0.4, 0.5) is 5.69 Å². The van der Waals surface area contributed by atoms with Crippen LogP contribution in [0.3, 0.4) is 0 Å². The van der Waals surface area contributed by atoms with Crippen LogP contribution in [0.1, 0.15) is 23.6 Å². The van der Waals surface area contributed by atoms with Gasteiger partial charge in [0, 0.05) is 11.8 Å². The van der Waals surface area contributed by atoms with Crippen LogP contribution in [0.25, 0.3) is 22.6 Å². The molecule has 6 nitrogen and oxygen atoms in total. The van der Waals surface area contributed by atoms with Crippen molar-refractivity contribution in [3.8, 4) is 23.0 Å². The normalized spacial score (nSPS) is 10.9. The van der Waals surface area contributed by atoms with E-state index < -0.39 is 0 Å². The Morgan fingerprint density at radius 2 is 1.81 bits per heavy atom. The van der Waals surface area contributed by atoms with Crippen molar-refractivity contribution in [2.45, 2.75) is 27.2 Å². The highest BCUT2D eigenvalue weighted by atomic mass is 16.5. The fourth-order valence-corrected chi connectivity index (χ4v) is 3.25. The summed E-state index contributed by atoms with van der Waals surface area (Å²) in [5, 5.41) is 13.2. The van der Waals surface area contributed by atoms with Gasteiger partial charge in [0.15, 0.2) is 12.2 Å². The number of hydrogen-bond acceptors (Lipinski definition) is 5. The van der Waals surface area contributed by atoms with Gasteiger partial charge in [-0.2, -0.15) is 0 Å². The number of amides is 1. The number of oxazole rings is 1. The number of nitrogens with one attached hydrogen (secondary N) is 1. The molecule has 31 heavy (non-hydrogen) atoms. The molecule has 2 N–H and O–H groups in total. The van der Waals surface area contributed by atoms with Crippen molar-refractivity contribution in [3.05, 3.63) is 71.3 Å². The first-order chi connectivity index (χ1) is 14.9. The average Bonchev–Trinajstić information content (AvgIpc) is 3.15. The first-order valence-electron chi connectivity index (χ1n) is 10.2. The minimum absolute atomic E-state index is 0.0335. The number of fused-ring (bicyclic) bond motifs is 1. The van der Waals surface area contributed by atoms with E-state index in [0.29, 0.717) is 28.5 Å². The highest BCUT2D eigenvalue weighted by molar-refractivity contribution is 5.92. The van der Waals surface area contributed by atoms with E-state index in [0.717, 1.165) is 23.1 Å². The molecule has 158 valence electrons. The lowest BCUT2D eigenvalue weighted by molar-refractivity contribution is -0.118. The number of anilines is 1. The minimum atomic E-state index is -0.320. The molecule has 4 rings (SSSR count). The van der Waals surface area contributed by atoms with Gasteiger partial charge >= 0.3 is 0 Å². The van der Waals surface area contributed by atoms with Crippen molar-refractivity contribution in [2.24, 2.45) is 0 Å². The van der Waals surface area contributed by atoms with Crippen molar-refractivity contribution in [1.82, 2.24) is 4.98 Å². The molecule has 0 aliphatic heterocycles. The van der Waals surface area contributed by atoms with Crippen molar-refractivity contribution >= 4 is 22.7 Å². The third kappa shape index (κ3) is 4.53. The number of aromatic nitrogens is 1. The first-order valence-corrected chi connectivity index (χ1v) is 10.2. The van der Waals surface area contributed by atoms with Crippen molar-refractivity contribution < 1.29 is 19.1 Å². The lowest BCUT2D eigenvalue weighted by atomic mass is 10.1. The van der Waals surface area contributed by atoms with E-state index >= 15 is 0 Å². The number of hydrogen-bond donors (Lipinski definition) is 2. The number of carbonyl (C=O) groups is 1. The number of rotatable bonds is 6. The minimum Gasteiger partial charge on any atom is -0.507 e. The maximum Gasteiger partial charge on any atom is 0.262 e. The summed E-state index contributed by atoms with van der Waals surface area (Å²) in [6.45, 7) is 5.98. The van der Waals surface area contributed by atoms with E-state index in [9.17, 15) is 9.90 Å². The zero-order valence-electron chi connectivity index (χ0n) is 17.7. The molecule has 1 aromatic heterocycles. The second kappa shape index (κ2) is 8.52. The lowest BCUT2D eigenvalue weighted by Crippen LogP contribution is -2.20. The molecule has 0 saturated heterocycles. The lowest BCUT2D eigenvalue weighted by Gasteiger charge is -2.09. The Morgan fingerprint density at radius 3 is 2.52 bits per heavy atom. The molecule has 0 atom stereocenters. The quantitative estimate of drug-likeness (QED) is 0.440. The summed E-state index contributed by atoms with van der Waals surface area (Å²) in [4.78, 5) is 16.7. The Kier molecular flexibility index (Phi) is 5.62. The van der Waals surface area contributed by atoms with Crippen molar-refractivity contribution in [1.29, 1.82) is 0 Å². The molecule has 0 spiro atoms. The molecule has 0 radical (unpaired) electrons.